The van der Waals surface area contributed by atoms with E-state index in [0.717, 1.165) is 21.8 Å². The first-order chi connectivity index (χ1) is 14.9. The maximum Gasteiger partial charge on any atom is 0.306 e. The Kier molecular flexibility index (Phi) is 11.2. The van der Waals surface area contributed by atoms with Gasteiger partial charge in [0.15, 0.2) is 0 Å². The Balaban J connectivity index is 2.09. The van der Waals surface area contributed by atoms with E-state index in [1.165, 1.54) is 14.2 Å². The summed E-state index contributed by atoms with van der Waals surface area (Å²) in [5.74, 6) is 1.30. The lowest BCUT2D eigenvalue weighted by molar-refractivity contribution is -0.140. The van der Waals surface area contributed by atoms with Crippen LogP contribution >= 0.6 is 34.9 Å². The quantitative estimate of drug-likeness (QED) is 0.272. The number of nitrogens with zero attached hydrogens (tertiary/aromatic N) is 1. The lowest BCUT2D eigenvalue weighted by Gasteiger charge is -2.17. The number of hydrogen-bond donors (Lipinski definition) is 0. The number of thioether (sulfide) groups is 2. The summed E-state index contributed by atoms with van der Waals surface area (Å²) in [6.45, 7) is 4.28. The van der Waals surface area contributed by atoms with Gasteiger partial charge in [-0.15, -0.1) is 34.9 Å². The fourth-order valence-corrected chi connectivity index (χ4v) is 6.07. The van der Waals surface area contributed by atoms with E-state index in [2.05, 4.69) is 48.5 Å². The molecule has 0 aliphatic rings. The van der Waals surface area contributed by atoms with Gasteiger partial charge in [-0.1, -0.05) is 38.1 Å². The Labute approximate surface area is 197 Å². The Hall–Kier alpha value is -1.77. The summed E-state index contributed by atoms with van der Waals surface area (Å²) < 4.78 is 9.59. The Bertz CT molecular complexity index is 857. The van der Waals surface area contributed by atoms with E-state index in [4.69, 9.17) is 9.47 Å². The number of aromatic nitrogens is 1. The van der Waals surface area contributed by atoms with Gasteiger partial charge < -0.3 is 9.47 Å². The zero-order chi connectivity index (χ0) is 22.6. The molecule has 1 aromatic heterocycles. The van der Waals surface area contributed by atoms with Gasteiger partial charge in [-0.05, 0) is 29.2 Å². The molecule has 2 aromatic rings. The van der Waals surface area contributed by atoms with Crippen LogP contribution in [0.1, 0.15) is 59.0 Å². The molecule has 0 spiro atoms. The minimum atomic E-state index is -0.216. The molecule has 0 amide bonds. The monoisotopic (exact) mass is 479 g/mol. The molecule has 0 saturated heterocycles. The molecule has 1 aromatic carbocycles. The molecule has 0 bridgehead atoms. The van der Waals surface area contributed by atoms with Crippen LogP contribution in [0, 0.1) is 0 Å². The van der Waals surface area contributed by atoms with Gasteiger partial charge in [0.2, 0.25) is 0 Å². The zero-order valence-electron chi connectivity index (χ0n) is 18.3. The van der Waals surface area contributed by atoms with Crippen LogP contribution in [0.3, 0.4) is 0 Å². The van der Waals surface area contributed by atoms with Gasteiger partial charge in [0.05, 0.1) is 37.3 Å². The average molecular weight is 480 g/mol. The molecule has 0 N–H and O–H groups in total. The number of benzene rings is 1. The number of methoxy groups -OCH3 is 2. The number of rotatable bonds is 12. The van der Waals surface area contributed by atoms with E-state index in [9.17, 15) is 9.59 Å². The number of carbonyl (C=O) groups excluding carboxylic acids is 2. The van der Waals surface area contributed by atoms with Gasteiger partial charge in [-0.25, -0.2) is 4.98 Å². The number of ether oxygens (including phenoxy) is 2. The standard InChI is InChI=1S/C23H29NO4S3/c1-16(2)19-15-31-20(24-19)9-8-17-6-5-7-18(14-17)23(29-12-10-21(25)27-3)30-13-11-22(26)28-4/h5-9,14-16,23H,10-13H2,1-4H3. The molecule has 31 heavy (non-hydrogen) atoms. The third-order valence-electron chi connectivity index (χ3n) is 4.34. The van der Waals surface area contributed by atoms with Gasteiger partial charge in [0.1, 0.15) is 5.01 Å². The van der Waals surface area contributed by atoms with Crippen LogP contribution in [0.2, 0.25) is 0 Å². The third-order valence-corrected chi connectivity index (χ3v) is 8.01. The fourth-order valence-electron chi connectivity index (χ4n) is 2.56. The molecule has 0 fully saturated rings. The second kappa shape index (κ2) is 13.6. The van der Waals surface area contributed by atoms with Crippen LogP contribution in [-0.2, 0) is 19.1 Å². The van der Waals surface area contributed by atoms with E-state index in [-0.39, 0.29) is 16.5 Å². The van der Waals surface area contributed by atoms with Gasteiger partial charge in [-0.2, -0.15) is 0 Å². The van der Waals surface area contributed by atoms with E-state index >= 15 is 0 Å². The zero-order valence-corrected chi connectivity index (χ0v) is 20.8. The van der Waals surface area contributed by atoms with Crippen LogP contribution in [0.4, 0.5) is 0 Å². The van der Waals surface area contributed by atoms with E-state index in [1.54, 1.807) is 34.9 Å². The van der Waals surface area contributed by atoms with E-state index in [1.807, 2.05) is 12.1 Å². The van der Waals surface area contributed by atoms with Crippen LogP contribution in [-0.4, -0.2) is 42.6 Å². The van der Waals surface area contributed by atoms with Gasteiger partial charge in [-0.3, -0.25) is 9.59 Å². The molecule has 0 radical (unpaired) electrons. The topological polar surface area (TPSA) is 65.5 Å². The van der Waals surface area contributed by atoms with Crippen molar-refractivity contribution in [3.05, 3.63) is 51.5 Å². The van der Waals surface area contributed by atoms with Crippen LogP contribution in [0.25, 0.3) is 12.2 Å². The summed E-state index contributed by atoms with van der Waals surface area (Å²) in [6.07, 6.45) is 4.83. The Morgan fingerprint density at radius 1 is 1.06 bits per heavy atom. The van der Waals surface area contributed by atoms with Crippen molar-refractivity contribution >= 4 is 59.0 Å². The van der Waals surface area contributed by atoms with E-state index < -0.39 is 0 Å². The molecule has 5 nitrogen and oxygen atoms in total. The highest BCUT2D eigenvalue weighted by atomic mass is 32.2. The van der Waals surface area contributed by atoms with Crippen LogP contribution in [0.5, 0.6) is 0 Å². The summed E-state index contributed by atoms with van der Waals surface area (Å²) in [5, 5.41) is 3.10. The molecule has 0 atom stereocenters. The number of thiazole rings is 1. The maximum absolute atomic E-state index is 11.5. The van der Waals surface area contributed by atoms with E-state index in [0.29, 0.717) is 30.3 Å². The lowest BCUT2D eigenvalue weighted by Crippen LogP contribution is -2.04. The third kappa shape index (κ3) is 9.09. The summed E-state index contributed by atoms with van der Waals surface area (Å²) in [5.41, 5.74) is 3.35. The highest BCUT2D eigenvalue weighted by Gasteiger charge is 2.15. The van der Waals surface area contributed by atoms with Gasteiger partial charge in [0.25, 0.3) is 0 Å². The van der Waals surface area contributed by atoms with Crippen molar-refractivity contribution in [1.29, 1.82) is 0 Å². The molecule has 0 unspecified atom stereocenters. The second-order valence-electron chi connectivity index (χ2n) is 6.99. The summed E-state index contributed by atoms with van der Waals surface area (Å²) in [7, 11) is 2.80. The van der Waals surface area contributed by atoms with Crippen molar-refractivity contribution in [2.24, 2.45) is 0 Å². The van der Waals surface area contributed by atoms with Crippen molar-refractivity contribution in [2.75, 3.05) is 25.7 Å². The number of carbonyl (C=O) groups is 2. The molecule has 0 saturated carbocycles. The Morgan fingerprint density at radius 2 is 1.71 bits per heavy atom. The molecule has 0 aliphatic carbocycles. The van der Waals surface area contributed by atoms with Crippen LogP contribution < -0.4 is 0 Å². The number of hydrogen-bond acceptors (Lipinski definition) is 8. The molecule has 168 valence electrons. The minimum absolute atomic E-state index is 0.107. The Morgan fingerprint density at radius 3 is 2.26 bits per heavy atom. The molecule has 2 rings (SSSR count). The smallest absolute Gasteiger partial charge is 0.306 e. The summed E-state index contributed by atoms with van der Waals surface area (Å²) in [4.78, 5) is 27.6. The van der Waals surface area contributed by atoms with Crippen molar-refractivity contribution in [1.82, 2.24) is 4.98 Å². The molecular weight excluding hydrogens is 450 g/mol. The highest BCUT2D eigenvalue weighted by Crippen LogP contribution is 2.40. The van der Waals surface area contributed by atoms with Crippen LogP contribution in [0.15, 0.2) is 29.6 Å². The first-order valence-electron chi connectivity index (χ1n) is 10.0. The van der Waals surface area contributed by atoms with Crippen molar-refractivity contribution in [3.8, 4) is 0 Å². The van der Waals surface area contributed by atoms with Crippen molar-refractivity contribution in [2.45, 2.75) is 37.2 Å². The predicted molar refractivity (Wildman–Crippen MR) is 132 cm³/mol. The summed E-state index contributed by atoms with van der Waals surface area (Å²) >= 11 is 5.01. The van der Waals surface area contributed by atoms with Crippen molar-refractivity contribution in [3.63, 3.8) is 0 Å². The first kappa shape index (κ1) is 25.5. The molecule has 1 heterocycles. The minimum Gasteiger partial charge on any atom is -0.469 e. The molecule has 0 aliphatic heterocycles. The average Bonchev–Trinajstić information content (AvgIpc) is 3.26. The predicted octanol–water partition coefficient (Wildman–Crippen LogP) is 6.03. The second-order valence-corrected chi connectivity index (χ2v) is 10.6. The van der Waals surface area contributed by atoms with Gasteiger partial charge in [0, 0.05) is 16.9 Å². The molecular formula is C23H29NO4S3. The summed E-state index contributed by atoms with van der Waals surface area (Å²) in [6, 6.07) is 8.32. The maximum atomic E-state index is 11.5. The lowest BCUT2D eigenvalue weighted by atomic mass is 10.1. The fraction of sp³-hybridized carbons (Fsp3) is 0.435. The molecule has 8 heteroatoms. The largest absolute Gasteiger partial charge is 0.469 e. The highest BCUT2D eigenvalue weighted by molar-refractivity contribution is 8.16. The normalized spacial score (nSPS) is 11.4. The SMILES string of the molecule is COC(=O)CCSC(SCCC(=O)OC)c1cccc(C=Cc2nc(C(C)C)cs2)c1. The van der Waals surface area contributed by atoms with Gasteiger partial charge >= 0.3 is 11.9 Å². The van der Waals surface area contributed by atoms with Crippen molar-refractivity contribution < 1.29 is 19.1 Å². The first-order valence-corrected chi connectivity index (χ1v) is 13.0. The number of esters is 2.